The fourth-order valence-electron chi connectivity index (χ4n) is 0.423. The smallest absolute Gasteiger partial charge is 0.325 e. The van der Waals surface area contributed by atoms with Gasteiger partial charge in [0.1, 0.15) is 6.54 Å². The van der Waals surface area contributed by atoms with Crippen molar-refractivity contribution in [3.05, 3.63) is 0 Å². The number of amides is 2. The molecule has 0 radical (unpaired) electrons. The van der Waals surface area contributed by atoms with Crippen molar-refractivity contribution >= 4 is 28.9 Å². The zero-order chi connectivity index (χ0) is 10.3. The Morgan fingerprint density at radius 3 is 2.62 bits per heavy atom. The van der Waals surface area contributed by atoms with Crippen LogP contribution in [0.1, 0.15) is 0 Å². The molecule has 0 heterocycles. The van der Waals surface area contributed by atoms with Crippen LogP contribution >= 0.6 is 11.8 Å². The van der Waals surface area contributed by atoms with Gasteiger partial charge in [0.2, 0.25) is 0 Å². The molecule has 0 fully saturated rings. The minimum absolute atomic E-state index is 0.0161. The van der Waals surface area contributed by atoms with Crippen LogP contribution in [0, 0.1) is 5.41 Å². The van der Waals surface area contributed by atoms with Gasteiger partial charge in [-0.05, 0) is 6.26 Å². The molecule has 13 heavy (non-hydrogen) atoms. The number of carbonyl (C=O) groups is 2. The predicted molar refractivity (Wildman–Crippen MR) is 49.8 cm³/mol. The maximum Gasteiger partial charge on any atom is 0.325 e. The molecule has 3 N–H and O–H groups in total. The van der Waals surface area contributed by atoms with Crippen molar-refractivity contribution in [1.29, 1.82) is 5.41 Å². The van der Waals surface area contributed by atoms with E-state index in [1.54, 1.807) is 6.26 Å². The normalized spacial score (nSPS) is 8.77. The zero-order valence-electron chi connectivity index (χ0n) is 7.34. The number of ether oxygens (including phenoxy) is 1. The summed E-state index contributed by atoms with van der Waals surface area (Å²) in [4.78, 5) is 21.4. The molecule has 0 bridgehead atoms. The molecule has 0 saturated carbocycles. The summed E-state index contributed by atoms with van der Waals surface area (Å²) in [6.45, 7) is -0.204. The van der Waals surface area contributed by atoms with Crippen LogP contribution in [0.25, 0.3) is 0 Å². The standard InChI is InChI=1S/C6H11N3O3S/c1-12-4(10)3-8-6(11)9-5(7)13-2/h3H2,1-2H3,(H3,7,8,9,11). The largest absolute Gasteiger partial charge is 0.468 e. The Morgan fingerprint density at radius 1 is 1.54 bits per heavy atom. The number of hydrogen-bond acceptors (Lipinski definition) is 5. The van der Waals surface area contributed by atoms with Gasteiger partial charge in [-0.25, -0.2) is 4.79 Å². The minimum Gasteiger partial charge on any atom is -0.468 e. The fourth-order valence-corrected chi connectivity index (χ4v) is 0.618. The molecule has 0 aliphatic heterocycles. The number of hydrogen-bond donors (Lipinski definition) is 3. The number of methoxy groups -OCH3 is 1. The molecule has 0 aliphatic carbocycles. The van der Waals surface area contributed by atoms with Gasteiger partial charge in [0, 0.05) is 0 Å². The number of esters is 1. The molecular weight excluding hydrogens is 194 g/mol. The predicted octanol–water partition coefficient (Wildman–Crippen LogP) is -0.244. The van der Waals surface area contributed by atoms with E-state index in [9.17, 15) is 9.59 Å². The first-order chi connectivity index (χ1) is 6.10. The van der Waals surface area contributed by atoms with Crippen molar-refractivity contribution in [2.75, 3.05) is 19.9 Å². The molecular formula is C6H11N3O3S. The lowest BCUT2D eigenvalue weighted by Crippen LogP contribution is -2.40. The first kappa shape index (κ1) is 11.8. The van der Waals surface area contributed by atoms with Crippen LogP contribution in [-0.4, -0.2) is 37.1 Å². The van der Waals surface area contributed by atoms with Gasteiger partial charge >= 0.3 is 12.0 Å². The minimum atomic E-state index is -0.593. The number of urea groups is 1. The molecule has 6 nitrogen and oxygen atoms in total. The average molecular weight is 205 g/mol. The SMILES string of the molecule is COC(=O)CNC(=O)NC(=N)SC. The Balaban J connectivity index is 3.63. The van der Waals surface area contributed by atoms with Crippen molar-refractivity contribution in [1.82, 2.24) is 10.6 Å². The summed E-state index contributed by atoms with van der Waals surface area (Å²) in [6.07, 6.45) is 1.66. The van der Waals surface area contributed by atoms with Crippen LogP contribution < -0.4 is 10.6 Å². The summed E-state index contributed by atoms with van der Waals surface area (Å²) in [5.74, 6) is -0.536. The highest BCUT2D eigenvalue weighted by atomic mass is 32.2. The van der Waals surface area contributed by atoms with E-state index in [-0.39, 0.29) is 11.7 Å². The lowest BCUT2D eigenvalue weighted by atomic mass is 10.6. The van der Waals surface area contributed by atoms with Crippen LogP contribution in [0.3, 0.4) is 0 Å². The summed E-state index contributed by atoms with van der Waals surface area (Å²) in [6, 6.07) is -0.593. The van der Waals surface area contributed by atoms with Gasteiger partial charge in [-0.1, -0.05) is 11.8 Å². The summed E-state index contributed by atoms with van der Waals surface area (Å²) >= 11 is 1.09. The van der Waals surface area contributed by atoms with Crippen LogP contribution in [0.15, 0.2) is 0 Å². The second kappa shape index (κ2) is 6.30. The quantitative estimate of drug-likeness (QED) is 0.329. The lowest BCUT2D eigenvalue weighted by Gasteiger charge is -2.04. The maximum atomic E-state index is 10.8. The third kappa shape index (κ3) is 5.97. The van der Waals surface area contributed by atoms with Gasteiger partial charge in [-0.2, -0.15) is 0 Å². The molecule has 0 spiro atoms. The second-order valence-corrected chi connectivity index (χ2v) is 2.73. The maximum absolute atomic E-state index is 10.8. The molecule has 2 amide bonds. The van der Waals surface area contributed by atoms with E-state index >= 15 is 0 Å². The molecule has 0 aromatic carbocycles. The molecule has 0 aromatic rings. The molecule has 0 atom stereocenters. The van der Waals surface area contributed by atoms with Crippen LogP contribution in [-0.2, 0) is 9.53 Å². The van der Waals surface area contributed by atoms with Crippen LogP contribution in [0.5, 0.6) is 0 Å². The van der Waals surface area contributed by atoms with E-state index in [0.717, 1.165) is 11.8 Å². The van der Waals surface area contributed by atoms with Gasteiger partial charge in [-0.15, -0.1) is 0 Å². The van der Waals surface area contributed by atoms with Gasteiger partial charge in [-0.3, -0.25) is 15.5 Å². The fraction of sp³-hybridized carbons (Fsp3) is 0.500. The highest BCUT2D eigenvalue weighted by Gasteiger charge is 2.05. The van der Waals surface area contributed by atoms with Crippen LogP contribution in [0.2, 0.25) is 0 Å². The topological polar surface area (TPSA) is 91.3 Å². The summed E-state index contributed by atoms with van der Waals surface area (Å²) in [5.41, 5.74) is 0. The van der Waals surface area contributed by atoms with E-state index in [0.29, 0.717) is 0 Å². The van der Waals surface area contributed by atoms with Crippen molar-refractivity contribution in [2.45, 2.75) is 0 Å². The highest BCUT2D eigenvalue weighted by Crippen LogP contribution is 1.89. The van der Waals surface area contributed by atoms with Gasteiger partial charge in [0.15, 0.2) is 5.17 Å². The van der Waals surface area contributed by atoms with E-state index in [1.807, 2.05) is 0 Å². The average Bonchev–Trinajstić information content (AvgIpc) is 2.13. The monoisotopic (exact) mass is 205 g/mol. The molecule has 0 unspecified atom stereocenters. The highest BCUT2D eigenvalue weighted by molar-refractivity contribution is 8.13. The van der Waals surface area contributed by atoms with E-state index in [2.05, 4.69) is 15.4 Å². The molecule has 7 heteroatoms. The Bertz CT molecular complexity index is 219. The van der Waals surface area contributed by atoms with E-state index in [4.69, 9.17) is 5.41 Å². The van der Waals surface area contributed by atoms with Crippen molar-refractivity contribution < 1.29 is 14.3 Å². The Kier molecular flexibility index (Phi) is 5.69. The number of nitrogens with one attached hydrogen (secondary N) is 3. The summed E-state index contributed by atoms with van der Waals surface area (Å²) < 4.78 is 4.29. The number of amidine groups is 1. The first-order valence-electron chi connectivity index (χ1n) is 3.34. The van der Waals surface area contributed by atoms with E-state index in [1.165, 1.54) is 7.11 Å². The number of rotatable bonds is 2. The molecule has 0 aliphatic rings. The number of carbonyl (C=O) groups excluding carboxylic acids is 2. The van der Waals surface area contributed by atoms with Gasteiger partial charge in [0.25, 0.3) is 0 Å². The third-order valence-electron chi connectivity index (χ3n) is 1.05. The van der Waals surface area contributed by atoms with Crippen molar-refractivity contribution in [2.24, 2.45) is 0 Å². The van der Waals surface area contributed by atoms with E-state index < -0.39 is 12.0 Å². The third-order valence-corrected chi connectivity index (χ3v) is 1.56. The zero-order valence-corrected chi connectivity index (χ0v) is 8.16. The summed E-state index contributed by atoms with van der Waals surface area (Å²) in [5, 5.41) is 11.5. The Labute approximate surface area is 79.9 Å². The first-order valence-corrected chi connectivity index (χ1v) is 4.56. The van der Waals surface area contributed by atoms with Crippen molar-refractivity contribution in [3.8, 4) is 0 Å². The molecule has 0 aromatic heterocycles. The molecule has 0 saturated heterocycles. The second-order valence-electron chi connectivity index (χ2n) is 1.92. The van der Waals surface area contributed by atoms with Gasteiger partial charge < -0.3 is 10.1 Å². The lowest BCUT2D eigenvalue weighted by molar-refractivity contribution is -0.139. The van der Waals surface area contributed by atoms with Gasteiger partial charge in [0.05, 0.1) is 7.11 Å². The van der Waals surface area contributed by atoms with Crippen LogP contribution in [0.4, 0.5) is 4.79 Å². The molecule has 0 rings (SSSR count). The molecule has 74 valence electrons. The number of thioether (sulfide) groups is 1. The van der Waals surface area contributed by atoms with Crippen molar-refractivity contribution in [3.63, 3.8) is 0 Å². The Hall–Kier alpha value is -1.24. The Morgan fingerprint density at radius 2 is 2.15 bits per heavy atom. The summed E-state index contributed by atoms with van der Waals surface area (Å²) in [7, 11) is 1.23.